The molecule has 0 bridgehead atoms. The molecule has 0 saturated heterocycles. The summed E-state index contributed by atoms with van der Waals surface area (Å²) in [7, 11) is 0. The molecular formula is C10H20O. The molecule has 1 nitrogen and oxygen atoms in total. The van der Waals surface area contributed by atoms with Crippen molar-refractivity contribution < 1.29 is 5.11 Å². The summed E-state index contributed by atoms with van der Waals surface area (Å²) in [4.78, 5) is 0. The van der Waals surface area contributed by atoms with Gasteiger partial charge in [0, 0.05) is 0 Å². The van der Waals surface area contributed by atoms with Gasteiger partial charge in [0.15, 0.2) is 0 Å². The maximum Gasteiger partial charge on any atom is 0.0542 e. The lowest BCUT2D eigenvalue weighted by atomic mass is 9.98. The normalized spacial score (nSPS) is 15.9. The molecule has 0 unspecified atom stereocenters. The zero-order valence-electron chi connectivity index (χ0n) is 7.71. The third-order valence-electron chi connectivity index (χ3n) is 1.87. The molecule has 0 aromatic rings. The van der Waals surface area contributed by atoms with E-state index in [-0.39, 0.29) is 6.10 Å². The minimum absolute atomic E-state index is 0.102. The SMILES string of the molecule is C=CC[C@@H](C)C[C@H](O)CCC. The third-order valence-corrected chi connectivity index (χ3v) is 1.87. The van der Waals surface area contributed by atoms with Gasteiger partial charge in [-0.05, 0) is 25.2 Å². The Bertz CT molecular complexity index is 99.0. The zero-order chi connectivity index (χ0) is 8.69. The van der Waals surface area contributed by atoms with Crippen LogP contribution in [0.3, 0.4) is 0 Å². The molecule has 2 atom stereocenters. The largest absolute Gasteiger partial charge is 0.393 e. The van der Waals surface area contributed by atoms with Crippen LogP contribution in [-0.2, 0) is 0 Å². The van der Waals surface area contributed by atoms with Gasteiger partial charge in [0.1, 0.15) is 0 Å². The lowest BCUT2D eigenvalue weighted by molar-refractivity contribution is 0.136. The van der Waals surface area contributed by atoms with Crippen LogP contribution in [0, 0.1) is 5.92 Å². The van der Waals surface area contributed by atoms with E-state index in [2.05, 4.69) is 20.4 Å². The number of hydrogen-bond donors (Lipinski definition) is 1. The Hall–Kier alpha value is -0.300. The van der Waals surface area contributed by atoms with E-state index in [1.807, 2.05) is 6.08 Å². The van der Waals surface area contributed by atoms with Crippen LogP contribution in [0.4, 0.5) is 0 Å². The van der Waals surface area contributed by atoms with Crippen molar-refractivity contribution in [1.29, 1.82) is 0 Å². The monoisotopic (exact) mass is 156 g/mol. The summed E-state index contributed by atoms with van der Waals surface area (Å²) in [5.74, 6) is 0.578. The van der Waals surface area contributed by atoms with Crippen LogP contribution in [0.1, 0.15) is 39.5 Å². The van der Waals surface area contributed by atoms with Crippen LogP contribution >= 0.6 is 0 Å². The van der Waals surface area contributed by atoms with Crippen molar-refractivity contribution >= 4 is 0 Å². The van der Waals surface area contributed by atoms with Crippen molar-refractivity contribution in [1.82, 2.24) is 0 Å². The molecule has 11 heavy (non-hydrogen) atoms. The Morgan fingerprint density at radius 3 is 2.64 bits per heavy atom. The van der Waals surface area contributed by atoms with Crippen LogP contribution in [0.25, 0.3) is 0 Å². The Morgan fingerprint density at radius 2 is 2.18 bits per heavy atom. The summed E-state index contributed by atoms with van der Waals surface area (Å²) in [5, 5.41) is 9.41. The highest BCUT2D eigenvalue weighted by Crippen LogP contribution is 2.13. The first-order valence-electron chi connectivity index (χ1n) is 4.49. The van der Waals surface area contributed by atoms with Gasteiger partial charge in [-0.25, -0.2) is 0 Å². The van der Waals surface area contributed by atoms with Crippen LogP contribution in [-0.4, -0.2) is 11.2 Å². The maximum absolute atomic E-state index is 9.41. The molecule has 0 amide bonds. The van der Waals surface area contributed by atoms with Crippen LogP contribution in [0.2, 0.25) is 0 Å². The van der Waals surface area contributed by atoms with Gasteiger partial charge in [-0.1, -0.05) is 26.3 Å². The van der Waals surface area contributed by atoms with Gasteiger partial charge in [-0.3, -0.25) is 0 Å². The molecule has 0 aromatic heterocycles. The van der Waals surface area contributed by atoms with E-state index in [0.29, 0.717) is 5.92 Å². The highest BCUT2D eigenvalue weighted by molar-refractivity contribution is 4.72. The third kappa shape index (κ3) is 6.11. The van der Waals surface area contributed by atoms with E-state index in [1.54, 1.807) is 0 Å². The molecule has 0 aliphatic carbocycles. The van der Waals surface area contributed by atoms with Crippen molar-refractivity contribution in [3.05, 3.63) is 12.7 Å². The Labute approximate surface area is 70.1 Å². The fourth-order valence-electron chi connectivity index (χ4n) is 1.30. The number of aliphatic hydroxyl groups excluding tert-OH is 1. The predicted octanol–water partition coefficient (Wildman–Crippen LogP) is 2.75. The van der Waals surface area contributed by atoms with Gasteiger partial charge >= 0.3 is 0 Å². The minimum atomic E-state index is -0.102. The molecule has 0 aromatic carbocycles. The highest BCUT2D eigenvalue weighted by atomic mass is 16.3. The Balaban J connectivity index is 3.39. The second-order valence-corrected chi connectivity index (χ2v) is 3.31. The van der Waals surface area contributed by atoms with Gasteiger partial charge in [0.05, 0.1) is 6.10 Å². The van der Waals surface area contributed by atoms with Crippen LogP contribution < -0.4 is 0 Å². The molecule has 0 spiro atoms. The lowest BCUT2D eigenvalue weighted by Crippen LogP contribution is -2.10. The summed E-state index contributed by atoms with van der Waals surface area (Å²) < 4.78 is 0. The van der Waals surface area contributed by atoms with Crippen LogP contribution in [0.15, 0.2) is 12.7 Å². The van der Waals surface area contributed by atoms with Crippen molar-refractivity contribution in [2.45, 2.75) is 45.6 Å². The topological polar surface area (TPSA) is 20.2 Å². The Morgan fingerprint density at radius 1 is 1.55 bits per heavy atom. The van der Waals surface area contributed by atoms with Gasteiger partial charge < -0.3 is 5.11 Å². The molecule has 1 heteroatoms. The summed E-state index contributed by atoms with van der Waals surface area (Å²) in [6.07, 6.45) is 5.75. The molecule has 0 saturated carbocycles. The molecule has 0 radical (unpaired) electrons. The average molecular weight is 156 g/mol. The van der Waals surface area contributed by atoms with E-state index in [9.17, 15) is 5.11 Å². The van der Waals surface area contributed by atoms with Crippen molar-refractivity contribution in [2.24, 2.45) is 5.92 Å². The van der Waals surface area contributed by atoms with Gasteiger partial charge in [0.25, 0.3) is 0 Å². The second kappa shape index (κ2) is 6.41. The van der Waals surface area contributed by atoms with Gasteiger partial charge in [-0.2, -0.15) is 0 Å². The smallest absolute Gasteiger partial charge is 0.0542 e. The van der Waals surface area contributed by atoms with Crippen molar-refractivity contribution in [3.63, 3.8) is 0 Å². The van der Waals surface area contributed by atoms with Crippen molar-refractivity contribution in [2.75, 3.05) is 0 Å². The van der Waals surface area contributed by atoms with E-state index in [1.165, 1.54) is 0 Å². The first kappa shape index (κ1) is 10.7. The van der Waals surface area contributed by atoms with Crippen molar-refractivity contribution in [3.8, 4) is 0 Å². The number of rotatable bonds is 6. The van der Waals surface area contributed by atoms with E-state index < -0.39 is 0 Å². The number of hydrogen-bond acceptors (Lipinski definition) is 1. The fraction of sp³-hybridized carbons (Fsp3) is 0.800. The number of allylic oxidation sites excluding steroid dienone is 1. The molecule has 0 aliphatic rings. The van der Waals surface area contributed by atoms with Gasteiger partial charge in [0.2, 0.25) is 0 Å². The van der Waals surface area contributed by atoms with E-state index in [4.69, 9.17) is 0 Å². The standard InChI is InChI=1S/C10H20O/c1-4-6-9(3)8-10(11)7-5-2/h4,9-11H,1,5-8H2,2-3H3/t9-,10-/m1/s1. The fourth-order valence-corrected chi connectivity index (χ4v) is 1.30. The molecule has 0 heterocycles. The number of aliphatic hydroxyl groups is 1. The summed E-state index contributed by atoms with van der Waals surface area (Å²) in [6, 6.07) is 0. The van der Waals surface area contributed by atoms with E-state index >= 15 is 0 Å². The maximum atomic E-state index is 9.41. The Kier molecular flexibility index (Phi) is 6.24. The van der Waals surface area contributed by atoms with Gasteiger partial charge in [-0.15, -0.1) is 6.58 Å². The summed E-state index contributed by atoms with van der Waals surface area (Å²) in [5.41, 5.74) is 0. The highest BCUT2D eigenvalue weighted by Gasteiger charge is 2.07. The predicted molar refractivity (Wildman–Crippen MR) is 49.5 cm³/mol. The summed E-state index contributed by atoms with van der Waals surface area (Å²) >= 11 is 0. The molecule has 1 N–H and O–H groups in total. The lowest BCUT2D eigenvalue weighted by Gasteiger charge is -2.13. The van der Waals surface area contributed by atoms with Crippen LogP contribution in [0.5, 0.6) is 0 Å². The first-order valence-corrected chi connectivity index (χ1v) is 4.49. The van der Waals surface area contributed by atoms with E-state index in [0.717, 1.165) is 25.7 Å². The molecule has 0 rings (SSSR count). The quantitative estimate of drug-likeness (QED) is 0.586. The second-order valence-electron chi connectivity index (χ2n) is 3.31. The molecular weight excluding hydrogens is 136 g/mol. The summed E-state index contributed by atoms with van der Waals surface area (Å²) in [6.45, 7) is 7.92. The molecule has 0 aliphatic heterocycles. The first-order chi connectivity index (χ1) is 5.20. The average Bonchev–Trinajstić information content (AvgIpc) is 1.87. The molecule has 0 fully saturated rings. The zero-order valence-corrected chi connectivity index (χ0v) is 7.71. The molecule has 66 valence electrons. The minimum Gasteiger partial charge on any atom is -0.393 e.